The zero-order chi connectivity index (χ0) is 23.5. The Labute approximate surface area is 185 Å². The van der Waals surface area contributed by atoms with Crippen LogP contribution in [0.15, 0.2) is 51.9 Å². The second-order valence-electron chi connectivity index (χ2n) is 6.98. The predicted molar refractivity (Wildman–Crippen MR) is 119 cm³/mol. The lowest BCUT2D eigenvalue weighted by Crippen LogP contribution is -2.14. The van der Waals surface area contributed by atoms with Crippen LogP contribution >= 0.6 is 0 Å². The molecule has 0 radical (unpaired) electrons. The summed E-state index contributed by atoms with van der Waals surface area (Å²) >= 11 is 0. The van der Waals surface area contributed by atoms with E-state index in [1.165, 1.54) is 39.2 Å². The Kier molecular flexibility index (Phi) is 6.64. The first-order valence-electron chi connectivity index (χ1n) is 9.74. The Morgan fingerprint density at radius 3 is 2.50 bits per heavy atom. The molecule has 0 spiro atoms. The summed E-state index contributed by atoms with van der Waals surface area (Å²) in [5.74, 6) is -0.279. The number of hydrogen-bond acceptors (Lipinski definition) is 7. The van der Waals surface area contributed by atoms with E-state index in [0.717, 1.165) is 0 Å². The molecule has 0 bridgehead atoms. The minimum absolute atomic E-state index is 0.122. The molecule has 3 rings (SSSR count). The van der Waals surface area contributed by atoms with Gasteiger partial charge in [0.2, 0.25) is 11.8 Å². The molecule has 3 aromatic rings. The number of amides is 1. The molecule has 0 saturated heterocycles. The van der Waals surface area contributed by atoms with Crippen LogP contribution in [-0.2, 0) is 21.2 Å². The Bertz CT molecular complexity index is 1280. The number of Topliss-reactive ketones (excluding diaryl/α,β-unsaturated/α-hetero) is 1. The SMILES string of the molecule is CCc1noc(NC(C)=O)c1-c1ccc(OC)c(S(=O)(=O)Nc2cccc(C(C)=O)c2)c1. The molecule has 9 nitrogen and oxygen atoms in total. The van der Waals surface area contributed by atoms with Gasteiger partial charge in [-0.05, 0) is 43.2 Å². The van der Waals surface area contributed by atoms with Crippen LogP contribution in [0.25, 0.3) is 11.1 Å². The monoisotopic (exact) mass is 457 g/mol. The largest absolute Gasteiger partial charge is 0.495 e. The van der Waals surface area contributed by atoms with Gasteiger partial charge in [-0.2, -0.15) is 0 Å². The third kappa shape index (κ3) is 4.80. The van der Waals surface area contributed by atoms with Crippen LogP contribution in [0.5, 0.6) is 5.75 Å². The molecule has 0 fully saturated rings. The highest BCUT2D eigenvalue weighted by Gasteiger charge is 2.24. The molecule has 168 valence electrons. The van der Waals surface area contributed by atoms with Crippen molar-refractivity contribution in [1.82, 2.24) is 5.16 Å². The summed E-state index contributed by atoms with van der Waals surface area (Å²) in [5.41, 5.74) is 2.14. The number of ketones is 1. The van der Waals surface area contributed by atoms with Crippen molar-refractivity contribution >= 4 is 33.3 Å². The summed E-state index contributed by atoms with van der Waals surface area (Å²) in [6, 6.07) is 10.8. The standard InChI is InChI=1S/C22H23N3O6S/c1-5-18-21(22(31-24-18)23-14(3)27)16-9-10-19(30-4)20(12-16)32(28,29)25-17-8-6-7-15(11-17)13(2)26/h6-12,25H,5H2,1-4H3,(H,23,27). The third-order valence-electron chi connectivity index (χ3n) is 4.65. The average molecular weight is 458 g/mol. The van der Waals surface area contributed by atoms with E-state index in [2.05, 4.69) is 15.2 Å². The molecule has 0 aliphatic rings. The number of nitrogens with zero attached hydrogens (tertiary/aromatic N) is 1. The first-order chi connectivity index (χ1) is 15.2. The van der Waals surface area contributed by atoms with Gasteiger partial charge in [0.25, 0.3) is 10.0 Å². The quantitative estimate of drug-likeness (QED) is 0.491. The number of methoxy groups -OCH3 is 1. The van der Waals surface area contributed by atoms with Crippen LogP contribution < -0.4 is 14.8 Å². The van der Waals surface area contributed by atoms with Gasteiger partial charge >= 0.3 is 0 Å². The van der Waals surface area contributed by atoms with Gasteiger partial charge in [-0.15, -0.1) is 0 Å². The lowest BCUT2D eigenvalue weighted by molar-refractivity contribution is -0.114. The summed E-state index contributed by atoms with van der Waals surface area (Å²) in [4.78, 5) is 23.1. The molecule has 2 aromatic carbocycles. The maximum atomic E-state index is 13.2. The van der Waals surface area contributed by atoms with E-state index in [4.69, 9.17) is 9.26 Å². The van der Waals surface area contributed by atoms with Gasteiger partial charge in [-0.25, -0.2) is 8.42 Å². The lowest BCUT2D eigenvalue weighted by Gasteiger charge is -2.14. The summed E-state index contributed by atoms with van der Waals surface area (Å²) in [6.07, 6.45) is 0.503. The van der Waals surface area contributed by atoms with Gasteiger partial charge in [0.05, 0.1) is 18.4 Å². The summed E-state index contributed by atoms with van der Waals surface area (Å²) in [6.45, 7) is 4.60. The van der Waals surface area contributed by atoms with Crippen molar-refractivity contribution in [3.8, 4) is 16.9 Å². The first-order valence-corrected chi connectivity index (χ1v) is 11.2. The molecule has 0 saturated carbocycles. The number of sulfonamides is 1. The highest BCUT2D eigenvalue weighted by molar-refractivity contribution is 7.92. The highest BCUT2D eigenvalue weighted by Crippen LogP contribution is 2.36. The number of benzene rings is 2. The molecule has 0 unspecified atom stereocenters. The number of ether oxygens (including phenoxy) is 1. The average Bonchev–Trinajstić information content (AvgIpc) is 3.15. The minimum atomic E-state index is -4.09. The van der Waals surface area contributed by atoms with E-state index < -0.39 is 10.0 Å². The smallest absolute Gasteiger partial charge is 0.265 e. The molecule has 0 aliphatic heterocycles. The highest BCUT2D eigenvalue weighted by atomic mass is 32.2. The normalized spacial score (nSPS) is 11.1. The Morgan fingerprint density at radius 2 is 1.88 bits per heavy atom. The molecular weight excluding hydrogens is 434 g/mol. The molecule has 10 heteroatoms. The van der Waals surface area contributed by atoms with Gasteiger partial charge in [-0.1, -0.05) is 30.3 Å². The molecule has 32 heavy (non-hydrogen) atoms. The number of hydrogen-bond donors (Lipinski definition) is 2. The predicted octanol–water partition coefficient (Wildman–Crippen LogP) is 3.87. The Morgan fingerprint density at radius 1 is 1.12 bits per heavy atom. The molecule has 1 heterocycles. The zero-order valence-corrected chi connectivity index (χ0v) is 18.9. The molecular formula is C22H23N3O6S. The molecule has 2 N–H and O–H groups in total. The number of aromatic nitrogens is 1. The fraction of sp³-hybridized carbons (Fsp3) is 0.227. The minimum Gasteiger partial charge on any atom is -0.495 e. The lowest BCUT2D eigenvalue weighted by atomic mass is 10.0. The summed E-state index contributed by atoms with van der Waals surface area (Å²) in [7, 11) is -2.73. The van der Waals surface area contributed by atoms with Crippen molar-refractivity contribution < 1.29 is 27.3 Å². The number of carbonyl (C=O) groups excluding carboxylic acids is 2. The van der Waals surface area contributed by atoms with Crippen molar-refractivity contribution in [2.24, 2.45) is 0 Å². The van der Waals surface area contributed by atoms with E-state index in [1.807, 2.05) is 6.92 Å². The van der Waals surface area contributed by atoms with E-state index in [9.17, 15) is 18.0 Å². The van der Waals surface area contributed by atoms with Crippen molar-refractivity contribution in [1.29, 1.82) is 0 Å². The first kappa shape index (κ1) is 23.0. The van der Waals surface area contributed by atoms with E-state index in [-0.39, 0.29) is 33.9 Å². The number of aryl methyl sites for hydroxylation is 1. The molecule has 1 aromatic heterocycles. The van der Waals surface area contributed by atoms with Crippen molar-refractivity contribution in [3.63, 3.8) is 0 Å². The van der Waals surface area contributed by atoms with Crippen LogP contribution in [0.1, 0.15) is 36.8 Å². The second kappa shape index (κ2) is 9.23. The van der Waals surface area contributed by atoms with Gasteiger partial charge < -0.3 is 9.26 Å². The Balaban J connectivity index is 2.09. The van der Waals surface area contributed by atoms with Gasteiger partial charge in [0.15, 0.2) is 5.78 Å². The van der Waals surface area contributed by atoms with E-state index in [1.54, 1.807) is 24.3 Å². The van der Waals surface area contributed by atoms with Crippen molar-refractivity contribution in [3.05, 3.63) is 53.7 Å². The van der Waals surface area contributed by atoms with Crippen molar-refractivity contribution in [2.75, 3.05) is 17.1 Å². The maximum absolute atomic E-state index is 13.2. The molecule has 1 amide bonds. The number of rotatable bonds is 8. The number of nitrogens with one attached hydrogen (secondary N) is 2. The van der Waals surface area contributed by atoms with Crippen LogP contribution in [0.2, 0.25) is 0 Å². The molecule has 0 atom stereocenters. The van der Waals surface area contributed by atoms with Gasteiger partial charge in [0, 0.05) is 18.2 Å². The molecule has 0 aliphatic carbocycles. The third-order valence-corrected chi connectivity index (χ3v) is 6.05. The number of carbonyl (C=O) groups is 2. The maximum Gasteiger partial charge on any atom is 0.265 e. The topological polar surface area (TPSA) is 128 Å². The fourth-order valence-corrected chi connectivity index (χ4v) is 4.41. The Hall–Kier alpha value is -3.66. The van der Waals surface area contributed by atoms with E-state index in [0.29, 0.717) is 28.8 Å². The second-order valence-corrected chi connectivity index (χ2v) is 8.63. The summed E-state index contributed by atoms with van der Waals surface area (Å²) in [5, 5.41) is 6.55. The van der Waals surface area contributed by atoms with Gasteiger partial charge in [0.1, 0.15) is 10.6 Å². The number of anilines is 2. The van der Waals surface area contributed by atoms with Crippen LogP contribution in [0, 0.1) is 0 Å². The fourth-order valence-electron chi connectivity index (χ4n) is 3.16. The van der Waals surface area contributed by atoms with Crippen LogP contribution in [0.3, 0.4) is 0 Å². The zero-order valence-electron chi connectivity index (χ0n) is 18.1. The van der Waals surface area contributed by atoms with Crippen LogP contribution in [-0.4, -0.2) is 32.4 Å². The van der Waals surface area contributed by atoms with E-state index >= 15 is 0 Å². The summed E-state index contributed by atoms with van der Waals surface area (Å²) < 4.78 is 39.4. The van der Waals surface area contributed by atoms with Gasteiger partial charge in [-0.3, -0.25) is 19.6 Å². The van der Waals surface area contributed by atoms with Crippen LogP contribution in [0.4, 0.5) is 11.6 Å². The van der Waals surface area contributed by atoms with Crippen molar-refractivity contribution in [2.45, 2.75) is 32.1 Å².